The molecule has 7 heteroatoms. The maximum atomic E-state index is 11.6. The molecule has 0 atom stereocenters. The van der Waals surface area contributed by atoms with Crippen molar-refractivity contribution < 1.29 is 14.3 Å². The smallest absolute Gasteiger partial charge is 0.305 e. The molecule has 3 heterocycles. The maximum Gasteiger partial charge on any atom is 0.305 e. The lowest BCUT2D eigenvalue weighted by atomic mass is 9.98. The summed E-state index contributed by atoms with van der Waals surface area (Å²) in [5, 5.41) is 4.82. The topological polar surface area (TPSA) is 78.6 Å². The van der Waals surface area contributed by atoms with Crippen molar-refractivity contribution in [3.8, 4) is 17.1 Å². The molecule has 0 aromatic carbocycles. The fraction of sp³-hybridized carbons (Fsp3) is 0.455. The van der Waals surface area contributed by atoms with Gasteiger partial charge in [0.25, 0.3) is 0 Å². The Labute approximate surface area is 171 Å². The predicted octanol–water partition coefficient (Wildman–Crippen LogP) is 3.95. The molecule has 0 saturated carbocycles. The molecule has 0 spiro atoms. The fourth-order valence-electron chi connectivity index (χ4n) is 3.55. The summed E-state index contributed by atoms with van der Waals surface area (Å²) >= 11 is 0. The van der Waals surface area contributed by atoms with E-state index < -0.39 is 0 Å². The molecular weight excluding hydrogens is 368 g/mol. The van der Waals surface area contributed by atoms with E-state index in [1.807, 2.05) is 18.4 Å². The number of carbonyl (C=O) groups is 1. The number of nitrogens with zero attached hydrogens (tertiary/aromatic N) is 4. The first kappa shape index (κ1) is 20.8. The van der Waals surface area contributed by atoms with Crippen molar-refractivity contribution in [3.63, 3.8) is 0 Å². The maximum absolute atomic E-state index is 11.6. The number of hydrogen-bond donors (Lipinski definition) is 0. The van der Waals surface area contributed by atoms with Gasteiger partial charge in [-0.15, -0.1) is 0 Å². The number of hydrogen-bond acceptors (Lipinski definition) is 6. The van der Waals surface area contributed by atoms with Crippen molar-refractivity contribution in [2.45, 2.75) is 52.9 Å². The van der Waals surface area contributed by atoms with Crippen LogP contribution in [0.25, 0.3) is 16.8 Å². The predicted molar refractivity (Wildman–Crippen MR) is 111 cm³/mol. The minimum atomic E-state index is -0.143. The number of methoxy groups -OCH3 is 1. The summed E-state index contributed by atoms with van der Waals surface area (Å²) in [6, 6.07) is 4.19. The van der Waals surface area contributed by atoms with Crippen LogP contribution < -0.4 is 4.74 Å². The van der Waals surface area contributed by atoms with Gasteiger partial charge < -0.3 is 9.47 Å². The van der Waals surface area contributed by atoms with E-state index in [4.69, 9.17) is 14.6 Å². The molecule has 0 N–H and O–H groups in total. The Hall–Kier alpha value is -2.96. The van der Waals surface area contributed by atoms with Gasteiger partial charge in [-0.1, -0.05) is 6.92 Å². The highest BCUT2D eigenvalue weighted by molar-refractivity contribution is 5.81. The van der Waals surface area contributed by atoms with Crippen molar-refractivity contribution in [2.24, 2.45) is 0 Å². The summed E-state index contributed by atoms with van der Waals surface area (Å²) in [6.45, 7) is 6.39. The third-order valence-corrected chi connectivity index (χ3v) is 4.98. The monoisotopic (exact) mass is 396 g/mol. The summed E-state index contributed by atoms with van der Waals surface area (Å²) in [7, 11) is 1.59. The van der Waals surface area contributed by atoms with Crippen LogP contribution in [0.1, 0.15) is 50.1 Å². The number of ether oxygens (including phenoxy) is 2. The van der Waals surface area contributed by atoms with Crippen molar-refractivity contribution in [1.29, 1.82) is 0 Å². The van der Waals surface area contributed by atoms with Crippen LogP contribution in [-0.4, -0.2) is 39.3 Å². The van der Waals surface area contributed by atoms with E-state index in [0.717, 1.165) is 59.4 Å². The van der Waals surface area contributed by atoms with Gasteiger partial charge in [-0.05, 0) is 57.2 Å². The highest BCUT2D eigenvalue weighted by Crippen LogP contribution is 2.31. The second-order valence-electron chi connectivity index (χ2n) is 6.87. The van der Waals surface area contributed by atoms with Crippen LogP contribution in [-0.2, 0) is 22.4 Å². The van der Waals surface area contributed by atoms with E-state index >= 15 is 0 Å². The Morgan fingerprint density at radius 3 is 2.72 bits per heavy atom. The van der Waals surface area contributed by atoms with Gasteiger partial charge in [0.1, 0.15) is 0 Å². The van der Waals surface area contributed by atoms with Gasteiger partial charge in [0.05, 0.1) is 43.0 Å². The third-order valence-electron chi connectivity index (χ3n) is 4.98. The van der Waals surface area contributed by atoms with Gasteiger partial charge in [0.2, 0.25) is 5.88 Å². The second kappa shape index (κ2) is 9.49. The zero-order valence-electron chi connectivity index (χ0n) is 17.6. The first-order valence-corrected chi connectivity index (χ1v) is 10.1. The summed E-state index contributed by atoms with van der Waals surface area (Å²) in [5.41, 5.74) is 6.04. The van der Waals surface area contributed by atoms with Crippen molar-refractivity contribution in [3.05, 3.63) is 41.5 Å². The van der Waals surface area contributed by atoms with E-state index in [0.29, 0.717) is 18.9 Å². The molecule has 0 saturated heterocycles. The largest absolute Gasteiger partial charge is 0.480 e. The Morgan fingerprint density at radius 2 is 2.00 bits per heavy atom. The minimum Gasteiger partial charge on any atom is -0.480 e. The standard InChI is InChI=1S/C22H28N4O3/c1-5-16-11-12-19-22(18-13-23-14-20(24-18)28-4)17(15(3)25-26(16)19)9-7-8-10-21(27)29-6-2/h11-14H,5-10H2,1-4H3. The average molecular weight is 396 g/mol. The van der Waals surface area contributed by atoms with Gasteiger partial charge in [0, 0.05) is 17.7 Å². The molecule has 29 heavy (non-hydrogen) atoms. The van der Waals surface area contributed by atoms with Crippen molar-refractivity contribution >= 4 is 11.5 Å². The van der Waals surface area contributed by atoms with Gasteiger partial charge in [-0.25, -0.2) is 9.50 Å². The number of unbranched alkanes of at least 4 members (excludes halogenated alkanes) is 1. The molecule has 7 nitrogen and oxygen atoms in total. The van der Waals surface area contributed by atoms with E-state index in [1.165, 1.54) is 0 Å². The number of carbonyl (C=O) groups excluding carboxylic acids is 1. The number of aryl methyl sites for hydroxylation is 2. The van der Waals surface area contributed by atoms with Gasteiger partial charge in [-0.2, -0.15) is 5.10 Å². The number of fused-ring (bicyclic) bond motifs is 1. The summed E-state index contributed by atoms with van der Waals surface area (Å²) < 4.78 is 12.3. The molecule has 0 aliphatic carbocycles. The fourth-order valence-corrected chi connectivity index (χ4v) is 3.55. The SMILES string of the molecule is CCOC(=O)CCCCc1c(C)nn2c(CC)ccc2c1-c1cncc(OC)n1. The van der Waals surface area contributed by atoms with E-state index in [2.05, 4.69) is 29.0 Å². The lowest BCUT2D eigenvalue weighted by Crippen LogP contribution is -2.08. The zero-order chi connectivity index (χ0) is 20.8. The highest BCUT2D eigenvalue weighted by Gasteiger charge is 2.18. The molecule has 0 bridgehead atoms. The summed E-state index contributed by atoms with van der Waals surface area (Å²) in [6.07, 6.45) is 7.12. The second-order valence-corrected chi connectivity index (χ2v) is 6.87. The Bertz CT molecular complexity index is 997. The molecule has 3 aromatic heterocycles. The molecule has 0 aliphatic heterocycles. The number of rotatable bonds is 9. The van der Waals surface area contributed by atoms with Crippen LogP contribution in [0.3, 0.4) is 0 Å². The molecular formula is C22H28N4O3. The Kier molecular flexibility index (Phi) is 6.80. The van der Waals surface area contributed by atoms with Crippen molar-refractivity contribution in [2.75, 3.05) is 13.7 Å². The normalized spacial score (nSPS) is 11.0. The molecule has 3 aromatic rings. The van der Waals surface area contributed by atoms with Gasteiger partial charge >= 0.3 is 5.97 Å². The number of esters is 1. The van der Waals surface area contributed by atoms with E-state index in [-0.39, 0.29) is 5.97 Å². The molecule has 154 valence electrons. The van der Waals surface area contributed by atoms with Crippen LogP contribution in [0.5, 0.6) is 5.88 Å². The average Bonchev–Trinajstić information content (AvgIpc) is 3.13. The minimum absolute atomic E-state index is 0.143. The van der Waals surface area contributed by atoms with Crippen LogP contribution in [0.4, 0.5) is 0 Å². The zero-order valence-corrected chi connectivity index (χ0v) is 17.6. The lowest BCUT2D eigenvalue weighted by molar-refractivity contribution is -0.143. The highest BCUT2D eigenvalue weighted by atomic mass is 16.5. The molecule has 0 amide bonds. The molecule has 0 aliphatic rings. The lowest BCUT2D eigenvalue weighted by Gasteiger charge is -2.15. The first-order chi connectivity index (χ1) is 14.1. The molecule has 0 radical (unpaired) electrons. The Morgan fingerprint density at radius 1 is 1.17 bits per heavy atom. The van der Waals surface area contributed by atoms with Crippen LogP contribution in [0.2, 0.25) is 0 Å². The first-order valence-electron chi connectivity index (χ1n) is 10.1. The number of aromatic nitrogens is 4. The van der Waals surface area contributed by atoms with Crippen LogP contribution >= 0.6 is 0 Å². The Balaban J connectivity index is 1.99. The molecule has 0 unspecified atom stereocenters. The summed E-state index contributed by atoms with van der Waals surface area (Å²) in [5.74, 6) is 0.335. The molecule has 3 rings (SSSR count). The summed E-state index contributed by atoms with van der Waals surface area (Å²) in [4.78, 5) is 20.5. The van der Waals surface area contributed by atoms with Gasteiger partial charge in [0.15, 0.2) is 0 Å². The van der Waals surface area contributed by atoms with E-state index in [9.17, 15) is 4.79 Å². The van der Waals surface area contributed by atoms with Crippen LogP contribution in [0.15, 0.2) is 24.5 Å². The quantitative estimate of drug-likeness (QED) is 0.403. The molecule has 0 fully saturated rings. The van der Waals surface area contributed by atoms with E-state index in [1.54, 1.807) is 19.5 Å². The van der Waals surface area contributed by atoms with Crippen LogP contribution in [0, 0.1) is 6.92 Å². The third kappa shape index (κ3) is 4.55. The van der Waals surface area contributed by atoms with Gasteiger partial charge in [-0.3, -0.25) is 9.78 Å². The van der Waals surface area contributed by atoms with Crippen molar-refractivity contribution in [1.82, 2.24) is 19.6 Å².